The number of hydrogen-bond donors (Lipinski definition) is 0. The third-order valence-electron chi connectivity index (χ3n) is 16.6. The number of nitrogens with zero attached hydrogens (tertiary/aromatic N) is 1. The third-order valence-corrected chi connectivity index (χ3v) is 16.6. The molecule has 4 aliphatic carbocycles. The lowest BCUT2D eigenvalue weighted by atomic mass is 9.47. The topological polar surface area (TPSA) is 40.2 Å². The molecular formula is C56H97NO4. The van der Waals surface area contributed by atoms with Gasteiger partial charge < -0.3 is 18.9 Å². The highest BCUT2D eigenvalue weighted by Crippen LogP contribution is 2.67. The molecule has 9 atom stereocenters. The number of hydrogen-bond acceptors (Lipinski definition) is 5. The van der Waals surface area contributed by atoms with Crippen molar-refractivity contribution in [2.75, 3.05) is 59.3 Å². The van der Waals surface area contributed by atoms with Crippen LogP contribution in [0.4, 0.5) is 0 Å². The maximum absolute atomic E-state index is 6.50. The zero-order valence-electron chi connectivity index (χ0n) is 40.9. The van der Waals surface area contributed by atoms with Crippen LogP contribution in [-0.2, 0) is 18.9 Å². The Morgan fingerprint density at radius 2 is 1.46 bits per heavy atom. The highest BCUT2D eigenvalue weighted by Gasteiger charge is 2.59. The molecule has 5 heteroatoms. The van der Waals surface area contributed by atoms with Crippen molar-refractivity contribution in [2.24, 2.45) is 46.3 Å². The molecule has 350 valence electrons. The van der Waals surface area contributed by atoms with Crippen LogP contribution >= 0.6 is 0 Å². The van der Waals surface area contributed by atoms with E-state index in [0.29, 0.717) is 50.0 Å². The lowest BCUT2D eigenvalue weighted by Gasteiger charge is -2.58. The first-order valence-electron chi connectivity index (χ1n) is 26.5. The molecule has 0 radical (unpaired) electrons. The zero-order valence-corrected chi connectivity index (χ0v) is 40.9. The van der Waals surface area contributed by atoms with E-state index in [1.54, 1.807) is 5.57 Å². The van der Waals surface area contributed by atoms with E-state index in [1.807, 2.05) is 0 Å². The van der Waals surface area contributed by atoms with E-state index in [-0.39, 0.29) is 6.10 Å². The lowest BCUT2D eigenvalue weighted by Crippen LogP contribution is -2.51. The summed E-state index contributed by atoms with van der Waals surface area (Å²) in [5.41, 5.74) is 2.67. The second-order valence-electron chi connectivity index (χ2n) is 21.5. The predicted molar refractivity (Wildman–Crippen MR) is 259 cm³/mol. The Kier molecular flexibility index (Phi) is 23.2. The van der Waals surface area contributed by atoms with E-state index in [9.17, 15) is 0 Å². The van der Waals surface area contributed by atoms with Crippen molar-refractivity contribution in [1.82, 2.24) is 4.90 Å². The summed E-state index contributed by atoms with van der Waals surface area (Å²) in [6.45, 7) is 22.0. The molecule has 0 spiro atoms. The smallest absolute Gasteiger partial charge is 0.0936 e. The Morgan fingerprint density at radius 3 is 2.23 bits per heavy atom. The van der Waals surface area contributed by atoms with Gasteiger partial charge in [-0.1, -0.05) is 147 Å². The van der Waals surface area contributed by atoms with Crippen molar-refractivity contribution < 1.29 is 18.9 Å². The monoisotopic (exact) mass is 848 g/mol. The van der Waals surface area contributed by atoms with Crippen LogP contribution in [0.2, 0.25) is 0 Å². The fraction of sp³-hybridized carbons (Fsp3) is 0.857. The molecule has 0 amide bonds. The number of allylic oxidation sites excluding steroid dienone is 5. The van der Waals surface area contributed by atoms with E-state index >= 15 is 0 Å². The number of unbranched alkanes of at least 4 members (excludes halogenated alkanes) is 9. The van der Waals surface area contributed by atoms with Gasteiger partial charge in [-0.05, 0) is 136 Å². The van der Waals surface area contributed by atoms with Gasteiger partial charge in [0.2, 0.25) is 0 Å². The Labute approximate surface area is 377 Å². The molecule has 5 aliphatic rings. The molecule has 0 bridgehead atoms. The SMILES string of the molecule is CCCCCC=CCC=CCCCCCCCCOCC(CN1CC=CC1)OCCOCCO[C@H]1CC[C@@]2(C)C(=CCC3C2CC[C@@]2(C)C3CC[C@@H]2[C@H](C)CCCC(C)C)C1. The summed E-state index contributed by atoms with van der Waals surface area (Å²) < 4.78 is 25.1. The molecule has 1 aliphatic heterocycles. The summed E-state index contributed by atoms with van der Waals surface area (Å²) in [5, 5.41) is 0. The number of fused-ring (bicyclic) bond motifs is 5. The minimum atomic E-state index is 0.0837. The second kappa shape index (κ2) is 27.9. The summed E-state index contributed by atoms with van der Waals surface area (Å²) in [6.07, 6.45) is 47.3. The number of rotatable bonds is 32. The minimum Gasteiger partial charge on any atom is -0.379 e. The van der Waals surface area contributed by atoms with Gasteiger partial charge in [0.15, 0.2) is 0 Å². The van der Waals surface area contributed by atoms with E-state index in [2.05, 4.69) is 89.0 Å². The van der Waals surface area contributed by atoms with Crippen LogP contribution < -0.4 is 0 Å². The average molecular weight is 848 g/mol. The molecule has 0 aromatic carbocycles. The van der Waals surface area contributed by atoms with Crippen LogP contribution in [0.1, 0.15) is 189 Å². The Bertz CT molecular complexity index is 1300. The van der Waals surface area contributed by atoms with Crippen molar-refractivity contribution in [1.29, 1.82) is 0 Å². The standard InChI is InChI=1S/C56H97NO4/c1-7-8-9-10-11-12-13-14-15-16-17-18-19-20-21-24-38-59-45-50(44-57-36-22-23-37-57)61-42-40-58-39-41-60-49-32-34-55(5)48(43-49)28-29-51-53-31-30-52(47(4)27-25-26-46(2)3)56(53,6)35-33-54(51)55/h11-12,14-15,22-23,28,46-47,49-54H,7-10,13,16-21,24-27,29-45H2,1-6H3/t47-,49+,50?,51?,52-,53?,54?,55+,56-/m1/s1. The fourth-order valence-corrected chi connectivity index (χ4v) is 13.0. The Hall–Kier alpha value is -1.24. The summed E-state index contributed by atoms with van der Waals surface area (Å²) in [5.74, 6) is 5.36. The average Bonchev–Trinajstić information content (AvgIpc) is 3.90. The minimum absolute atomic E-state index is 0.0837. The molecule has 3 saturated carbocycles. The summed E-state index contributed by atoms with van der Waals surface area (Å²) in [4.78, 5) is 2.44. The fourth-order valence-electron chi connectivity index (χ4n) is 13.0. The quantitative estimate of drug-likeness (QED) is 0.0498. The first-order valence-corrected chi connectivity index (χ1v) is 26.5. The molecule has 0 saturated heterocycles. The Morgan fingerprint density at radius 1 is 0.721 bits per heavy atom. The summed E-state index contributed by atoms with van der Waals surface area (Å²) in [7, 11) is 0. The van der Waals surface area contributed by atoms with Gasteiger partial charge >= 0.3 is 0 Å². The zero-order chi connectivity index (χ0) is 43.2. The molecular weight excluding hydrogens is 751 g/mol. The predicted octanol–water partition coefficient (Wildman–Crippen LogP) is 14.5. The first kappa shape index (κ1) is 50.8. The van der Waals surface area contributed by atoms with Crippen LogP contribution in [0.25, 0.3) is 0 Å². The van der Waals surface area contributed by atoms with E-state index in [4.69, 9.17) is 18.9 Å². The lowest BCUT2D eigenvalue weighted by molar-refractivity contribution is -0.0730. The molecule has 0 aromatic heterocycles. The van der Waals surface area contributed by atoms with Gasteiger partial charge in [-0.2, -0.15) is 0 Å². The molecule has 0 N–H and O–H groups in total. The van der Waals surface area contributed by atoms with Gasteiger partial charge in [-0.25, -0.2) is 0 Å². The normalized spacial score (nSPS) is 30.0. The maximum Gasteiger partial charge on any atom is 0.0936 e. The van der Waals surface area contributed by atoms with Crippen molar-refractivity contribution in [2.45, 2.75) is 201 Å². The summed E-state index contributed by atoms with van der Waals surface area (Å²) >= 11 is 0. The highest BCUT2D eigenvalue weighted by molar-refractivity contribution is 5.25. The van der Waals surface area contributed by atoms with E-state index in [1.165, 1.54) is 128 Å². The Balaban J connectivity index is 0.901. The molecule has 4 unspecified atom stereocenters. The van der Waals surface area contributed by atoms with Gasteiger partial charge in [0.1, 0.15) is 0 Å². The molecule has 0 aromatic rings. The van der Waals surface area contributed by atoms with Crippen molar-refractivity contribution in [3.05, 3.63) is 48.1 Å². The maximum atomic E-state index is 6.50. The van der Waals surface area contributed by atoms with E-state index in [0.717, 1.165) is 81.0 Å². The van der Waals surface area contributed by atoms with Crippen LogP contribution in [0, 0.1) is 46.3 Å². The van der Waals surface area contributed by atoms with Gasteiger partial charge in [0.05, 0.1) is 45.2 Å². The van der Waals surface area contributed by atoms with Gasteiger partial charge in [-0.15, -0.1) is 0 Å². The molecule has 1 heterocycles. The molecule has 5 rings (SSSR count). The third kappa shape index (κ3) is 16.3. The van der Waals surface area contributed by atoms with Crippen molar-refractivity contribution in [3.8, 4) is 0 Å². The summed E-state index contributed by atoms with van der Waals surface area (Å²) in [6, 6.07) is 0. The van der Waals surface area contributed by atoms with Crippen LogP contribution in [0.15, 0.2) is 48.1 Å². The first-order chi connectivity index (χ1) is 29.7. The number of ether oxygens (including phenoxy) is 4. The molecule has 61 heavy (non-hydrogen) atoms. The van der Waals surface area contributed by atoms with Crippen molar-refractivity contribution in [3.63, 3.8) is 0 Å². The van der Waals surface area contributed by atoms with Gasteiger partial charge in [0, 0.05) is 26.2 Å². The van der Waals surface area contributed by atoms with Crippen LogP contribution in [-0.4, -0.2) is 76.4 Å². The van der Waals surface area contributed by atoms with Crippen LogP contribution in [0.5, 0.6) is 0 Å². The van der Waals surface area contributed by atoms with E-state index < -0.39 is 0 Å². The van der Waals surface area contributed by atoms with Crippen LogP contribution in [0.3, 0.4) is 0 Å². The van der Waals surface area contributed by atoms with Gasteiger partial charge in [0.25, 0.3) is 0 Å². The van der Waals surface area contributed by atoms with Crippen molar-refractivity contribution >= 4 is 0 Å². The molecule has 5 nitrogen and oxygen atoms in total. The highest BCUT2D eigenvalue weighted by atomic mass is 16.6. The van der Waals surface area contributed by atoms with Gasteiger partial charge in [-0.3, -0.25) is 4.90 Å². The largest absolute Gasteiger partial charge is 0.379 e. The molecule has 3 fully saturated rings. The second-order valence-corrected chi connectivity index (χ2v) is 21.5.